The molecule has 8 nitrogen and oxygen atoms in total. The summed E-state index contributed by atoms with van der Waals surface area (Å²) in [6, 6.07) is 3.92. The zero-order valence-corrected chi connectivity index (χ0v) is 16.5. The van der Waals surface area contributed by atoms with Crippen molar-refractivity contribution in [2.24, 2.45) is 11.8 Å². The Hall–Kier alpha value is -1.71. The van der Waals surface area contributed by atoms with Crippen molar-refractivity contribution >= 4 is 21.4 Å². The van der Waals surface area contributed by atoms with Crippen LogP contribution in [-0.2, 0) is 10.0 Å². The van der Waals surface area contributed by atoms with Crippen molar-refractivity contribution in [2.75, 3.05) is 32.0 Å². The molecule has 2 rings (SSSR count). The number of likely N-dealkylation sites (tertiary alicyclic amines) is 1. The van der Waals surface area contributed by atoms with Crippen molar-refractivity contribution in [1.29, 1.82) is 0 Å². The van der Waals surface area contributed by atoms with Crippen LogP contribution >= 0.6 is 0 Å². The Morgan fingerprint density at radius 3 is 2.46 bits per heavy atom. The van der Waals surface area contributed by atoms with Crippen LogP contribution in [0.3, 0.4) is 0 Å². The van der Waals surface area contributed by atoms with Crippen LogP contribution < -0.4 is 10.0 Å². The molecule has 1 fully saturated rings. The number of rotatable bonds is 7. The van der Waals surface area contributed by atoms with Crippen LogP contribution in [0.25, 0.3) is 0 Å². The molecule has 0 spiro atoms. The molecule has 1 aliphatic rings. The smallest absolute Gasteiger partial charge is 0.293 e. The molecule has 26 heavy (non-hydrogen) atoms. The van der Waals surface area contributed by atoms with Gasteiger partial charge in [-0.15, -0.1) is 0 Å². The SMILES string of the molecule is CNS(=O)(=O)c1ccc(N[C@H](C)CN2C[C@H](C)C[C@H](C)C2)c([N+](=O)[O-])c1. The van der Waals surface area contributed by atoms with Crippen molar-refractivity contribution in [2.45, 2.75) is 38.1 Å². The van der Waals surface area contributed by atoms with E-state index in [-0.39, 0.29) is 16.6 Å². The van der Waals surface area contributed by atoms with Crippen molar-refractivity contribution in [3.05, 3.63) is 28.3 Å². The first-order valence-electron chi connectivity index (χ1n) is 8.83. The molecule has 1 saturated heterocycles. The minimum absolute atomic E-state index is 0.00189. The van der Waals surface area contributed by atoms with Gasteiger partial charge in [-0.05, 0) is 44.4 Å². The Morgan fingerprint density at radius 1 is 1.31 bits per heavy atom. The lowest BCUT2D eigenvalue weighted by Gasteiger charge is -2.36. The van der Waals surface area contributed by atoms with Crippen LogP contribution in [0.4, 0.5) is 11.4 Å². The van der Waals surface area contributed by atoms with Crippen molar-refractivity contribution in [3.8, 4) is 0 Å². The van der Waals surface area contributed by atoms with Gasteiger partial charge in [-0.3, -0.25) is 10.1 Å². The minimum Gasteiger partial charge on any atom is -0.376 e. The first-order chi connectivity index (χ1) is 12.1. The highest BCUT2D eigenvalue weighted by molar-refractivity contribution is 7.89. The zero-order chi connectivity index (χ0) is 19.5. The highest BCUT2D eigenvalue weighted by Gasteiger charge is 2.25. The lowest BCUT2D eigenvalue weighted by molar-refractivity contribution is -0.384. The third-order valence-corrected chi connectivity index (χ3v) is 6.04. The first-order valence-corrected chi connectivity index (χ1v) is 10.3. The second-order valence-electron chi connectivity index (χ2n) is 7.35. The van der Waals surface area contributed by atoms with E-state index in [0.29, 0.717) is 17.5 Å². The molecule has 1 aliphatic heterocycles. The fourth-order valence-electron chi connectivity index (χ4n) is 3.71. The Bertz CT molecular complexity index is 743. The van der Waals surface area contributed by atoms with Gasteiger partial charge in [-0.25, -0.2) is 13.1 Å². The molecule has 1 aromatic rings. The van der Waals surface area contributed by atoms with Gasteiger partial charge in [0.15, 0.2) is 0 Å². The van der Waals surface area contributed by atoms with E-state index < -0.39 is 14.9 Å². The quantitative estimate of drug-likeness (QED) is 0.552. The number of nitrogens with zero attached hydrogens (tertiary/aromatic N) is 2. The summed E-state index contributed by atoms with van der Waals surface area (Å²) in [5, 5.41) is 14.6. The maximum atomic E-state index is 11.9. The van der Waals surface area contributed by atoms with E-state index in [1.165, 1.54) is 25.6 Å². The Labute approximate surface area is 155 Å². The lowest BCUT2D eigenvalue weighted by Crippen LogP contribution is -2.43. The summed E-state index contributed by atoms with van der Waals surface area (Å²) in [6.07, 6.45) is 1.23. The zero-order valence-electron chi connectivity index (χ0n) is 15.7. The Morgan fingerprint density at radius 2 is 1.92 bits per heavy atom. The highest BCUT2D eigenvalue weighted by Crippen LogP contribution is 2.28. The van der Waals surface area contributed by atoms with Gasteiger partial charge in [-0.2, -0.15) is 0 Å². The van der Waals surface area contributed by atoms with E-state index in [1.54, 1.807) is 0 Å². The molecule has 3 atom stereocenters. The number of benzene rings is 1. The maximum Gasteiger partial charge on any atom is 0.293 e. The molecule has 0 aromatic heterocycles. The number of nitrogens with one attached hydrogen (secondary N) is 2. The topological polar surface area (TPSA) is 105 Å². The van der Waals surface area contributed by atoms with E-state index in [9.17, 15) is 18.5 Å². The molecule has 9 heteroatoms. The Balaban J connectivity index is 2.14. The number of hydrogen-bond donors (Lipinski definition) is 2. The largest absolute Gasteiger partial charge is 0.376 e. The van der Waals surface area contributed by atoms with E-state index in [0.717, 1.165) is 25.7 Å². The molecular weight excluding hydrogens is 356 g/mol. The lowest BCUT2D eigenvalue weighted by atomic mass is 9.92. The minimum atomic E-state index is -3.72. The molecule has 2 N–H and O–H groups in total. The molecule has 1 heterocycles. The van der Waals surface area contributed by atoms with Gasteiger partial charge < -0.3 is 10.2 Å². The number of nitro benzene ring substituents is 1. The van der Waals surface area contributed by atoms with Crippen LogP contribution in [0, 0.1) is 22.0 Å². The van der Waals surface area contributed by atoms with E-state index >= 15 is 0 Å². The van der Waals surface area contributed by atoms with Gasteiger partial charge in [0.1, 0.15) is 5.69 Å². The fraction of sp³-hybridized carbons (Fsp3) is 0.647. The summed E-state index contributed by atoms with van der Waals surface area (Å²) in [7, 11) is -2.45. The number of nitro groups is 1. The molecular formula is C17H28N4O4S. The molecule has 0 amide bonds. The molecule has 0 radical (unpaired) electrons. The number of anilines is 1. The molecule has 0 unspecified atom stereocenters. The van der Waals surface area contributed by atoms with E-state index in [4.69, 9.17) is 0 Å². The highest BCUT2D eigenvalue weighted by atomic mass is 32.2. The maximum absolute atomic E-state index is 11.9. The number of hydrogen-bond acceptors (Lipinski definition) is 6. The van der Waals surface area contributed by atoms with E-state index in [2.05, 4.69) is 28.8 Å². The molecule has 0 bridgehead atoms. The number of sulfonamides is 1. The van der Waals surface area contributed by atoms with Crippen LogP contribution in [0.1, 0.15) is 27.2 Å². The first kappa shape index (κ1) is 20.6. The van der Waals surface area contributed by atoms with Crippen molar-refractivity contribution in [1.82, 2.24) is 9.62 Å². The van der Waals surface area contributed by atoms with Crippen LogP contribution in [0.15, 0.2) is 23.1 Å². The molecule has 146 valence electrons. The summed E-state index contributed by atoms with van der Waals surface area (Å²) >= 11 is 0. The van der Waals surface area contributed by atoms with Gasteiger partial charge in [0.2, 0.25) is 10.0 Å². The Kier molecular flexibility index (Phi) is 6.59. The summed E-state index contributed by atoms with van der Waals surface area (Å²) in [5.74, 6) is 1.29. The molecule has 0 saturated carbocycles. The normalized spacial score (nSPS) is 22.8. The van der Waals surface area contributed by atoms with Gasteiger partial charge in [0.05, 0.1) is 9.82 Å². The standard InChI is InChI=1S/C17H28N4O4S/c1-12-7-13(2)10-20(9-12)11-14(3)19-16-6-5-15(26(24,25)18-4)8-17(16)21(22)23/h5-6,8,12-14,18-19H,7,9-11H2,1-4H3/t12-,13+,14-/m1/s1. The second kappa shape index (κ2) is 8.32. The van der Waals surface area contributed by atoms with Crippen LogP contribution in [0.2, 0.25) is 0 Å². The van der Waals surface area contributed by atoms with Crippen molar-refractivity contribution in [3.63, 3.8) is 0 Å². The molecule has 0 aliphatic carbocycles. The average Bonchev–Trinajstić information content (AvgIpc) is 2.53. The molecule has 1 aromatic carbocycles. The number of piperidine rings is 1. The van der Waals surface area contributed by atoms with E-state index in [1.807, 2.05) is 6.92 Å². The van der Waals surface area contributed by atoms with Gasteiger partial charge in [0.25, 0.3) is 5.69 Å². The van der Waals surface area contributed by atoms with Crippen molar-refractivity contribution < 1.29 is 13.3 Å². The van der Waals surface area contributed by atoms with Gasteiger partial charge in [-0.1, -0.05) is 13.8 Å². The summed E-state index contributed by atoms with van der Waals surface area (Å²) < 4.78 is 25.9. The average molecular weight is 385 g/mol. The monoisotopic (exact) mass is 384 g/mol. The third-order valence-electron chi connectivity index (χ3n) is 4.62. The summed E-state index contributed by atoms with van der Waals surface area (Å²) in [4.78, 5) is 13.1. The van der Waals surface area contributed by atoms with Gasteiger partial charge in [0, 0.05) is 31.7 Å². The predicted molar refractivity (Wildman–Crippen MR) is 102 cm³/mol. The predicted octanol–water partition coefficient (Wildman–Crippen LogP) is 2.28. The second-order valence-corrected chi connectivity index (χ2v) is 9.24. The third kappa shape index (κ3) is 5.15. The van der Waals surface area contributed by atoms with Gasteiger partial charge >= 0.3 is 0 Å². The fourth-order valence-corrected chi connectivity index (χ4v) is 4.46. The summed E-state index contributed by atoms with van der Waals surface area (Å²) in [6.45, 7) is 9.29. The van der Waals surface area contributed by atoms with Crippen LogP contribution in [-0.4, -0.2) is 51.0 Å². The van der Waals surface area contributed by atoms with Crippen LogP contribution in [0.5, 0.6) is 0 Å². The summed E-state index contributed by atoms with van der Waals surface area (Å²) in [5.41, 5.74) is 0.0872.